The van der Waals surface area contributed by atoms with Gasteiger partial charge in [-0.3, -0.25) is 4.68 Å². The second kappa shape index (κ2) is 4.00. The van der Waals surface area contributed by atoms with Crippen molar-refractivity contribution in [1.29, 1.82) is 0 Å². The molecule has 0 aliphatic heterocycles. The summed E-state index contributed by atoms with van der Waals surface area (Å²) in [4.78, 5) is 0. The largest absolute Gasteiger partial charge is 0.326 e. The van der Waals surface area contributed by atoms with Crippen molar-refractivity contribution in [3.63, 3.8) is 0 Å². The summed E-state index contributed by atoms with van der Waals surface area (Å²) < 4.78 is 1.84. The Labute approximate surface area is 101 Å². The highest BCUT2D eigenvalue weighted by Crippen LogP contribution is 2.28. The molecule has 1 heterocycles. The maximum Gasteiger partial charge on any atom is 0.0968 e. The van der Waals surface area contributed by atoms with Crippen molar-refractivity contribution >= 4 is 0 Å². The summed E-state index contributed by atoms with van der Waals surface area (Å²) >= 11 is 0. The van der Waals surface area contributed by atoms with Crippen LogP contribution in [0.15, 0.2) is 24.4 Å². The first kappa shape index (κ1) is 10.5. The molecule has 1 aromatic heterocycles. The van der Waals surface area contributed by atoms with Crippen LogP contribution < -0.4 is 5.73 Å². The molecule has 2 N–H and O–H groups in total. The Morgan fingerprint density at radius 3 is 2.94 bits per heavy atom. The molecule has 0 spiro atoms. The Balaban J connectivity index is 2.08. The zero-order valence-electron chi connectivity index (χ0n) is 10.1. The van der Waals surface area contributed by atoms with E-state index < -0.39 is 0 Å². The number of hydrogen-bond acceptors (Lipinski definition) is 2. The molecule has 0 unspecified atom stereocenters. The fourth-order valence-electron chi connectivity index (χ4n) is 2.65. The van der Waals surface area contributed by atoms with E-state index in [-0.39, 0.29) is 0 Å². The van der Waals surface area contributed by atoms with Crippen molar-refractivity contribution in [2.75, 3.05) is 0 Å². The fraction of sp³-hybridized carbons (Fsp3) is 0.357. The number of benzene rings is 1. The molecule has 0 radical (unpaired) electrons. The second-order valence-corrected chi connectivity index (χ2v) is 4.72. The van der Waals surface area contributed by atoms with Crippen LogP contribution in [-0.4, -0.2) is 9.78 Å². The maximum absolute atomic E-state index is 5.76. The van der Waals surface area contributed by atoms with E-state index in [1.165, 1.54) is 36.0 Å². The molecular weight excluding hydrogens is 210 g/mol. The van der Waals surface area contributed by atoms with E-state index >= 15 is 0 Å². The quantitative estimate of drug-likeness (QED) is 0.853. The molecule has 0 saturated heterocycles. The first-order valence-electron chi connectivity index (χ1n) is 6.12. The molecule has 1 aliphatic carbocycles. The highest BCUT2D eigenvalue weighted by molar-refractivity contribution is 5.64. The minimum Gasteiger partial charge on any atom is -0.326 e. The van der Waals surface area contributed by atoms with Gasteiger partial charge in [-0.25, -0.2) is 0 Å². The van der Waals surface area contributed by atoms with Gasteiger partial charge in [-0.15, -0.1) is 0 Å². The van der Waals surface area contributed by atoms with Gasteiger partial charge in [-0.05, 0) is 36.5 Å². The number of fused-ring (bicyclic) bond motifs is 1. The fourth-order valence-corrected chi connectivity index (χ4v) is 2.65. The predicted octanol–water partition coefficient (Wildman–Crippen LogP) is 2.03. The second-order valence-electron chi connectivity index (χ2n) is 4.72. The van der Waals surface area contributed by atoms with Crippen LogP contribution in [0.3, 0.4) is 0 Å². The number of nitrogens with zero attached hydrogens (tertiary/aromatic N) is 2. The number of hydrogen-bond donors (Lipinski definition) is 1. The molecule has 1 aliphatic rings. The molecule has 0 saturated carbocycles. The van der Waals surface area contributed by atoms with E-state index in [1.54, 1.807) is 0 Å². The third kappa shape index (κ3) is 1.76. The van der Waals surface area contributed by atoms with Gasteiger partial charge < -0.3 is 5.73 Å². The van der Waals surface area contributed by atoms with Gasteiger partial charge in [-0.1, -0.05) is 12.1 Å². The van der Waals surface area contributed by atoms with Crippen LogP contribution in [0.4, 0.5) is 0 Å². The van der Waals surface area contributed by atoms with Crippen LogP contribution in [0.1, 0.15) is 23.1 Å². The Bertz CT molecular complexity index is 555. The zero-order valence-corrected chi connectivity index (χ0v) is 10.1. The van der Waals surface area contributed by atoms with Crippen molar-refractivity contribution in [3.8, 4) is 11.3 Å². The van der Waals surface area contributed by atoms with Gasteiger partial charge in [0, 0.05) is 30.9 Å². The standard InChI is InChI=1S/C14H17N3/c1-17-9-13(8-15)14(16-17)12-6-5-10-3-2-4-11(10)7-12/h5-7,9H,2-4,8,15H2,1H3. The normalized spacial score (nSPS) is 14.0. The molecule has 3 nitrogen and oxygen atoms in total. The zero-order chi connectivity index (χ0) is 11.8. The molecule has 88 valence electrons. The van der Waals surface area contributed by atoms with Gasteiger partial charge in [0.25, 0.3) is 0 Å². The van der Waals surface area contributed by atoms with Crippen molar-refractivity contribution in [2.45, 2.75) is 25.8 Å². The average molecular weight is 227 g/mol. The summed E-state index contributed by atoms with van der Waals surface area (Å²) in [7, 11) is 1.94. The highest BCUT2D eigenvalue weighted by atomic mass is 15.3. The molecule has 3 rings (SSSR count). The van der Waals surface area contributed by atoms with Gasteiger partial charge >= 0.3 is 0 Å². The maximum atomic E-state index is 5.76. The van der Waals surface area contributed by atoms with Gasteiger partial charge in [0.2, 0.25) is 0 Å². The van der Waals surface area contributed by atoms with Crippen LogP contribution in [-0.2, 0) is 26.4 Å². The summed E-state index contributed by atoms with van der Waals surface area (Å²) in [5, 5.41) is 4.51. The predicted molar refractivity (Wildman–Crippen MR) is 68.6 cm³/mol. The lowest BCUT2D eigenvalue weighted by Crippen LogP contribution is -1.97. The summed E-state index contributed by atoms with van der Waals surface area (Å²) in [5.41, 5.74) is 12.1. The van der Waals surface area contributed by atoms with Gasteiger partial charge in [0.15, 0.2) is 0 Å². The van der Waals surface area contributed by atoms with E-state index in [0.717, 1.165) is 11.3 Å². The summed E-state index contributed by atoms with van der Waals surface area (Å²) in [6.07, 6.45) is 5.71. The Hall–Kier alpha value is -1.61. The monoisotopic (exact) mass is 227 g/mol. The molecule has 3 heteroatoms. The number of aromatic nitrogens is 2. The lowest BCUT2D eigenvalue weighted by Gasteiger charge is -2.04. The minimum absolute atomic E-state index is 0.542. The molecule has 0 bridgehead atoms. The third-order valence-electron chi connectivity index (χ3n) is 3.50. The first-order valence-corrected chi connectivity index (χ1v) is 6.12. The molecular formula is C14H17N3. The summed E-state index contributed by atoms with van der Waals surface area (Å²) in [6.45, 7) is 0.542. The molecule has 0 amide bonds. The minimum atomic E-state index is 0.542. The van der Waals surface area contributed by atoms with Crippen molar-refractivity contribution in [2.24, 2.45) is 12.8 Å². The summed E-state index contributed by atoms with van der Waals surface area (Å²) in [5.74, 6) is 0. The molecule has 1 aromatic carbocycles. The van der Waals surface area contributed by atoms with Crippen LogP contribution in [0.25, 0.3) is 11.3 Å². The lowest BCUT2D eigenvalue weighted by molar-refractivity contribution is 0.769. The van der Waals surface area contributed by atoms with Gasteiger partial charge in [0.1, 0.15) is 0 Å². The molecule has 2 aromatic rings. The Morgan fingerprint density at radius 1 is 1.29 bits per heavy atom. The molecule has 0 atom stereocenters. The third-order valence-corrected chi connectivity index (χ3v) is 3.50. The topological polar surface area (TPSA) is 43.8 Å². The van der Waals surface area contributed by atoms with E-state index in [1.807, 2.05) is 17.9 Å². The van der Waals surface area contributed by atoms with E-state index in [9.17, 15) is 0 Å². The SMILES string of the molecule is Cn1cc(CN)c(-c2ccc3c(c2)CCC3)n1. The van der Waals surface area contributed by atoms with Crippen LogP contribution in [0.2, 0.25) is 0 Å². The molecule has 0 fully saturated rings. The van der Waals surface area contributed by atoms with Crippen molar-refractivity contribution < 1.29 is 0 Å². The van der Waals surface area contributed by atoms with Crippen molar-refractivity contribution in [1.82, 2.24) is 9.78 Å². The van der Waals surface area contributed by atoms with Crippen LogP contribution >= 0.6 is 0 Å². The summed E-state index contributed by atoms with van der Waals surface area (Å²) in [6, 6.07) is 6.70. The average Bonchev–Trinajstić information content (AvgIpc) is 2.93. The Kier molecular flexibility index (Phi) is 2.48. The highest BCUT2D eigenvalue weighted by Gasteiger charge is 2.14. The van der Waals surface area contributed by atoms with E-state index in [4.69, 9.17) is 5.73 Å². The molecule has 17 heavy (non-hydrogen) atoms. The first-order chi connectivity index (χ1) is 8.28. The van der Waals surface area contributed by atoms with Gasteiger partial charge in [-0.2, -0.15) is 5.10 Å². The van der Waals surface area contributed by atoms with Crippen molar-refractivity contribution in [3.05, 3.63) is 41.1 Å². The van der Waals surface area contributed by atoms with Crippen LogP contribution in [0.5, 0.6) is 0 Å². The number of nitrogens with two attached hydrogens (primary N) is 1. The van der Waals surface area contributed by atoms with E-state index in [0.29, 0.717) is 6.54 Å². The number of rotatable bonds is 2. The van der Waals surface area contributed by atoms with Gasteiger partial charge in [0.05, 0.1) is 5.69 Å². The Morgan fingerprint density at radius 2 is 2.12 bits per heavy atom. The number of aryl methyl sites for hydroxylation is 3. The lowest BCUT2D eigenvalue weighted by atomic mass is 10.0. The van der Waals surface area contributed by atoms with Crippen LogP contribution in [0, 0.1) is 0 Å². The van der Waals surface area contributed by atoms with E-state index in [2.05, 4.69) is 23.3 Å². The smallest absolute Gasteiger partial charge is 0.0968 e.